The van der Waals surface area contributed by atoms with Crippen LogP contribution < -0.4 is 5.32 Å². The standard InChI is InChI=1S/C20H20ClNO2/c1-15(23)18(14-17-11-5-6-12-19(17)21)20(24)22-13-7-10-16-8-3-2-4-9-16/h2-6,8-9,11-12,14H,7,10,13H2,1H3,(H,22,24). The number of ketones is 1. The quantitative estimate of drug-likeness (QED) is 0.357. The molecule has 0 aliphatic carbocycles. The predicted molar refractivity (Wildman–Crippen MR) is 97.9 cm³/mol. The zero-order valence-electron chi connectivity index (χ0n) is 13.6. The number of Topliss-reactive ketones (excluding diaryl/α,β-unsaturated/α-hetero) is 1. The summed E-state index contributed by atoms with van der Waals surface area (Å²) >= 11 is 6.08. The van der Waals surface area contributed by atoms with Crippen molar-refractivity contribution in [2.75, 3.05) is 6.54 Å². The Bertz CT molecular complexity index is 738. The van der Waals surface area contributed by atoms with E-state index in [9.17, 15) is 9.59 Å². The molecule has 0 atom stereocenters. The third-order valence-electron chi connectivity index (χ3n) is 3.60. The second-order valence-corrected chi connectivity index (χ2v) is 5.89. The summed E-state index contributed by atoms with van der Waals surface area (Å²) in [6.45, 7) is 1.90. The minimum Gasteiger partial charge on any atom is -0.352 e. The van der Waals surface area contributed by atoms with Crippen LogP contribution in [0.5, 0.6) is 0 Å². The van der Waals surface area contributed by atoms with Crippen LogP contribution in [0.4, 0.5) is 0 Å². The average molecular weight is 342 g/mol. The van der Waals surface area contributed by atoms with Gasteiger partial charge in [0.25, 0.3) is 5.91 Å². The van der Waals surface area contributed by atoms with E-state index in [1.807, 2.05) is 24.3 Å². The first-order valence-electron chi connectivity index (χ1n) is 7.87. The van der Waals surface area contributed by atoms with Gasteiger partial charge in [0.1, 0.15) is 0 Å². The van der Waals surface area contributed by atoms with Crippen molar-refractivity contribution in [3.05, 3.63) is 76.3 Å². The maximum Gasteiger partial charge on any atom is 0.254 e. The minimum absolute atomic E-state index is 0.114. The van der Waals surface area contributed by atoms with E-state index in [-0.39, 0.29) is 17.3 Å². The van der Waals surface area contributed by atoms with Gasteiger partial charge in [0.05, 0.1) is 5.57 Å². The number of carbonyl (C=O) groups is 2. The van der Waals surface area contributed by atoms with E-state index < -0.39 is 0 Å². The molecule has 1 amide bonds. The molecule has 24 heavy (non-hydrogen) atoms. The summed E-state index contributed by atoms with van der Waals surface area (Å²) in [5, 5.41) is 3.31. The molecule has 0 radical (unpaired) electrons. The average Bonchev–Trinajstić information content (AvgIpc) is 2.58. The zero-order chi connectivity index (χ0) is 17.4. The van der Waals surface area contributed by atoms with Crippen LogP contribution >= 0.6 is 11.6 Å². The number of carbonyl (C=O) groups excluding carboxylic acids is 2. The zero-order valence-corrected chi connectivity index (χ0v) is 14.3. The first kappa shape index (κ1) is 18.0. The van der Waals surface area contributed by atoms with Crippen molar-refractivity contribution in [1.82, 2.24) is 5.32 Å². The largest absolute Gasteiger partial charge is 0.352 e. The Morgan fingerprint density at radius 1 is 1.04 bits per heavy atom. The fourth-order valence-corrected chi connectivity index (χ4v) is 2.50. The van der Waals surface area contributed by atoms with Crippen molar-refractivity contribution in [2.45, 2.75) is 19.8 Å². The summed E-state index contributed by atoms with van der Waals surface area (Å²) in [6.07, 6.45) is 3.23. The summed E-state index contributed by atoms with van der Waals surface area (Å²) in [6, 6.07) is 17.2. The van der Waals surface area contributed by atoms with E-state index in [0.717, 1.165) is 12.8 Å². The molecule has 0 heterocycles. The number of nitrogens with one attached hydrogen (secondary N) is 1. The molecule has 2 aromatic carbocycles. The number of rotatable bonds is 7. The minimum atomic E-state index is -0.365. The topological polar surface area (TPSA) is 46.2 Å². The van der Waals surface area contributed by atoms with Crippen LogP contribution in [0, 0.1) is 0 Å². The molecule has 0 fully saturated rings. The number of hydrogen-bond acceptors (Lipinski definition) is 2. The molecule has 0 saturated heterocycles. The Hall–Kier alpha value is -2.39. The SMILES string of the molecule is CC(=O)C(=Cc1ccccc1Cl)C(=O)NCCCc1ccccc1. The van der Waals surface area contributed by atoms with Crippen molar-refractivity contribution in [3.63, 3.8) is 0 Å². The van der Waals surface area contributed by atoms with Crippen LogP contribution in [0.15, 0.2) is 60.2 Å². The molecule has 3 nitrogen and oxygen atoms in total. The molecule has 0 aromatic heterocycles. The first-order chi connectivity index (χ1) is 11.6. The summed E-state index contributed by atoms with van der Waals surface area (Å²) in [5.74, 6) is -0.647. The van der Waals surface area contributed by atoms with Gasteiger partial charge in [0.2, 0.25) is 0 Å². The van der Waals surface area contributed by atoms with Gasteiger partial charge in [-0.25, -0.2) is 0 Å². The number of hydrogen-bond donors (Lipinski definition) is 1. The normalized spacial score (nSPS) is 11.2. The Morgan fingerprint density at radius 3 is 2.38 bits per heavy atom. The van der Waals surface area contributed by atoms with E-state index in [2.05, 4.69) is 17.4 Å². The fraction of sp³-hybridized carbons (Fsp3) is 0.200. The maximum absolute atomic E-state index is 12.3. The van der Waals surface area contributed by atoms with Crippen molar-refractivity contribution in [1.29, 1.82) is 0 Å². The summed E-state index contributed by atoms with van der Waals surface area (Å²) in [7, 11) is 0. The molecular weight excluding hydrogens is 322 g/mol. The number of aryl methyl sites for hydroxylation is 1. The summed E-state index contributed by atoms with van der Waals surface area (Å²) < 4.78 is 0. The van der Waals surface area contributed by atoms with Gasteiger partial charge in [-0.05, 0) is 43.0 Å². The fourth-order valence-electron chi connectivity index (χ4n) is 2.31. The van der Waals surface area contributed by atoms with E-state index in [4.69, 9.17) is 11.6 Å². The molecule has 0 aliphatic heterocycles. The van der Waals surface area contributed by atoms with Crippen LogP contribution in [0.25, 0.3) is 6.08 Å². The van der Waals surface area contributed by atoms with Crippen molar-refractivity contribution in [2.24, 2.45) is 0 Å². The predicted octanol–water partition coefficient (Wildman–Crippen LogP) is 4.06. The smallest absolute Gasteiger partial charge is 0.254 e. The van der Waals surface area contributed by atoms with Crippen molar-refractivity contribution < 1.29 is 9.59 Å². The number of halogens is 1. The molecule has 0 unspecified atom stereocenters. The lowest BCUT2D eigenvalue weighted by atomic mass is 10.1. The van der Waals surface area contributed by atoms with Crippen molar-refractivity contribution in [3.8, 4) is 0 Å². The van der Waals surface area contributed by atoms with Crippen LogP contribution in [0.1, 0.15) is 24.5 Å². The molecule has 0 spiro atoms. The number of benzene rings is 2. The Balaban J connectivity index is 1.95. The molecule has 0 aliphatic rings. The van der Waals surface area contributed by atoms with Crippen LogP contribution in [-0.2, 0) is 16.0 Å². The second-order valence-electron chi connectivity index (χ2n) is 5.48. The lowest BCUT2D eigenvalue weighted by Crippen LogP contribution is -2.28. The van der Waals surface area contributed by atoms with E-state index in [1.165, 1.54) is 18.6 Å². The molecule has 2 rings (SSSR count). The van der Waals surface area contributed by atoms with Crippen molar-refractivity contribution >= 4 is 29.4 Å². The van der Waals surface area contributed by atoms with E-state index >= 15 is 0 Å². The maximum atomic E-state index is 12.3. The van der Waals surface area contributed by atoms with Gasteiger partial charge in [-0.3, -0.25) is 9.59 Å². The third-order valence-corrected chi connectivity index (χ3v) is 3.94. The second kappa shape index (κ2) is 9.04. The summed E-state index contributed by atoms with van der Waals surface area (Å²) in [4.78, 5) is 24.1. The third kappa shape index (κ3) is 5.36. The highest BCUT2D eigenvalue weighted by Crippen LogP contribution is 2.18. The van der Waals surface area contributed by atoms with Gasteiger partial charge in [-0.2, -0.15) is 0 Å². The van der Waals surface area contributed by atoms with Gasteiger partial charge in [0.15, 0.2) is 5.78 Å². The molecule has 124 valence electrons. The molecule has 4 heteroatoms. The van der Waals surface area contributed by atoms with E-state index in [0.29, 0.717) is 17.1 Å². The van der Waals surface area contributed by atoms with Gasteiger partial charge in [-0.1, -0.05) is 60.1 Å². The lowest BCUT2D eigenvalue weighted by Gasteiger charge is -2.07. The van der Waals surface area contributed by atoms with E-state index in [1.54, 1.807) is 18.2 Å². The van der Waals surface area contributed by atoms with Crippen LogP contribution in [-0.4, -0.2) is 18.2 Å². The first-order valence-corrected chi connectivity index (χ1v) is 8.25. The molecule has 0 saturated carbocycles. The van der Waals surface area contributed by atoms with Gasteiger partial charge >= 0.3 is 0 Å². The highest BCUT2D eigenvalue weighted by atomic mass is 35.5. The lowest BCUT2D eigenvalue weighted by molar-refractivity contribution is -0.121. The number of amides is 1. The Morgan fingerprint density at radius 2 is 1.71 bits per heavy atom. The van der Waals surface area contributed by atoms with Gasteiger partial charge < -0.3 is 5.32 Å². The Kier molecular flexibility index (Phi) is 6.76. The molecule has 0 bridgehead atoms. The molecule has 2 aromatic rings. The molecule has 1 N–H and O–H groups in total. The monoisotopic (exact) mass is 341 g/mol. The van der Waals surface area contributed by atoms with Crippen LogP contribution in [0.2, 0.25) is 5.02 Å². The van der Waals surface area contributed by atoms with Gasteiger partial charge in [0, 0.05) is 11.6 Å². The highest BCUT2D eigenvalue weighted by molar-refractivity contribution is 6.32. The van der Waals surface area contributed by atoms with Gasteiger partial charge in [-0.15, -0.1) is 0 Å². The summed E-state index contributed by atoms with van der Waals surface area (Å²) in [5.41, 5.74) is 2.00. The molecular formula is C20H20ClNO2. The highest BCUT2D eigenvalue weighted by Gasteiger charge is 2.14. The van der Waals surface area contributed by atoms with Crippen LogP contribution in [0.3, 0.4) is 0 Å². The Labute approximate surface area is 147 Å².